The summed E-state index contributed by atoms with van der Waals surface area (Å²) in [5, 5.41) is 1.97. The summed E-state index contributed by atoms with van der Waals surface area (Å²) in [5.74, 6) is -1.44. The first-order valence-corrected chi connectivity index (χ1v) is 11.5. The number of carbonyl (C=O) groups excluding carboxylic acids is 1. The molecule has 1 aliphatic heterocycles. The van der Waals surface area contributed by atoms with E-state index in [0.29, 0.717) is 16.3 Å². The van der Waals surface area contributed by atoms with Crippen molar-refractivity contribution < 1.29 is 27.1 Å². The van der Waals surface area contributed by atoms with Gasteiger partial charge in [0.1, 0.15) is 27.2 Å². The molecular formula is C24H19F4NO2S2. The van der Waals surface area contributed by atoms with Crippen LogP contribution in [0.25, 0.3) is 5.57 Å². The third-order valence-electron chi connectivity index (χ3n) is 5.45. The van der Waals surface area contributed by atoms with Crippen molar-refractivity contribution in [1.29, 1.82) is 0 Å². The number of ether oxygens (including phenoxy) is 1. The molecule has 0 bridgehead atoms. The van der Waals surface area contributed by atoms with Gasteiger partial charge in [-0.05, 0) is 53.5 Å². The first kappa shape index (κ1) is 23.5. The van der Waals surface area contributed by atoms with Gasteiger partial charge in [-0.15, -0.1) is 0 Å². The van der Waals surface area contributed by atoms with E-state index in [1.165, 1.54) is 12.1 Å². The monoisotopic (exact) mass is 493 g/mol. The Hall–Kier alpha value is -2.65. The quantitative estimate of drug-likeness (QED) is 0.355. The van der Waals surface area contributed by atoms with Crippen LogP contribution in [0, 0.1) is 0 Å². The standard InChI is InChI=1S/C24H19F4NO2S2/c1-13(21-22(30)29-23(32)33-21)15-11-18(14-6-5-7-16(25)10-14)20(24(26,27)28)19(12-15)31-17-8-3-2-4-9-17/h2-4,6,8-13,21H,5,7H2,1H3,(H,29,30,32). The van der Waals surface area contributed by atoms with Crippen LogP contribution in [0.5, 0.6) is 11.5 Å². The van der Waals surface area contributed by atoms with Gasteiger partial charge in [0.15, 0.2) is 0 Å². The van der Waals surface area contributed by atoms with Crippen molar-refractivity contribution >= 4 is 39.8 Å². The molecule has 0 spiro atoms. The lowest BCUT2D eigenvalue weighted by molar-refractivity contribution is -0.138. The highest BCUT2D eigenvalue weighted by Crippen LogP contribution is 2.46. The zero-order chi connectivity index (χ0) is 23.8. The molecule has 1 heterocycles. The molecule has 33 heavy (non-hydrogen) atoms. The maximum absolute atomic E-state index is 14.3. The van der Waals surface area contributed by atoms with Gasteiger partial charge in [0.25, 0.3) is 0 Å². The second kappa shape index (κ2) is 9.30. The van der Waals surface area contributed by atoms with Gasteiger partial charge < -0.3 is 10.1 Å². The lowest BCUT2D eigenvalue weighted by atomic mass is 9.88. The average molecular weight is 494 g/mol. The molecule has 9 heteroatoms. The van der Waals surface area contributed by atoms with Gasteiger partial charge in [0, 0.05) is 12.3 Å². The Kier molecular flexibility index (Phi) is 6.63. The molecule has 0 aromatic heterocycles. The molecule has 2 atom stereocenters. The SMILES string of the molecule is CC(c1cc(Oc2ccccc2)c(C(F)(F)F)c(C2=CCCC(F)=C2)c1)C1SC(=S)NC1=O. The summed E-state index contributed by atoms with van der Waals surface area (Å²) >= 11 is 6.22. The van der Waals surface area contributed by atoms with Crippen LogP contribution < -0.4 is 10.1 Å². The van der Waals surface area contributed by atoms with E-state index in [2.05, 4.69) is 5.32 Å². The first-order valence-electron chi connectivity index (χ1n) is 10.2. The van der Waals surface area contributed by atoms with Crippen molar-refractivity contribution in [2.45, 2.75) is 37.1 Å². The van der Waals surface area contributed by atoms with Crippen LogP contribution >= 0.6 is 24.0 Å². The van der Waals surface area contributed by atoms with Crippen LogP contribution in [0.3, 0.4) is 0 Å². The summed E-state index contributed by atoms with van der Waals surface area (Å²) in [6, 6.07) is 10.8. The smallest absolute Gasteiger partial charge is 0.420 e. The van der Waals surface area contributed by atoms with Crippen LogP contribution in [0.15, 0.2) is 60.4 Å². The van der Waals surface area contributed by atoms with Gasteiger partial charge in [0.2, 0.25) is 5.91 Å². The van der Waals surface area contributed by atoms with Crippen molar-refractivity contribution in [2.24, 2.45) is 0 Å². The molecular weight excluding hydrogens is 474 g/mol. The molecule has 4 rings (SSSR count). The number of benzene rings is 2. The van der Waals surface area contributed by atoms with Gasteiger partial charge in [-0.25, -0.2) is 4.39 Å². The third-order valence-corrected chi connectivity index (χ3v) is 7.03. The summed E-state index contributed by atoms with van der Waals surface area (Å²) in [6.07, 6.45) is -1.62. The number of amides is 1. The van der Waals surface area contributed by atoms with Crippen LogP contribution in [0.1, 0.15) is 42.4 Å². The van der Waals surface area contributed by atoms with E-state index in [0.717, 1.165) is 17.8 Å². The van der Waals surface area contributed by atoms with Crippen molar-refractivity contribution in [3.63, 3.8) is 0 Å². The molecule has 1 aliphatic carbocycles. The largest absolute Gasteiger partial charge is 0.457 e. The lowest BCUT2D eigenvalue weighted by Crippen LogP contribution is -2.27. The highest BCUT2D eigenvalue weighted by atomic mass is 32.2. The first-order chi connectivity index (χ1) is 15.6. The zero-order valence-corrected chi connectivity index (χ0v) is 19.0. The Morgan fingerprint density at radius 1 is 1.21 bits per heavy atom. The lowest BCUT2D eigenvalue weighted by Gasteiger charge is -2.24. The summed E-state index contributed by atoms with van der Waals surface area (Å²) in [5.41, 5.74) is -0.573. The van der Waals surface area contributed by atoms with Crippen molar-refractivity contribution in [2.75, 3.05) is 0 Å². The van der Waals surface area contributed by atoms with Crippen molar-refractivity contribution in [1.82, 2.24) is 5.32 Å². The maximum Gasteiger partial charge on any atom is 0.420 e. The topological polar surface area (TPSA) is 38.3 Å². The number of hydrogen-bond donors (Lipinski definition) is 1. The predicted octanol–water partition coefficient (Wildman–Crippen LogP) is 7.15. The van der Waals surface area contributed by atoms with E-state index in [1.807, 2.05) is 0 Å². The Morgan fingerprint density at radius 2 is 1.94 bits per heavy atom. The van der Waals surface area contributed by atoms with E-state index in [-0.39, 0.29) is 29.2 Å². The highest BCUT2D eigenvalue weighted by Gasteiger charge is 2.40. The summed E-state index contributed by atoms with van der Waals surface area (Å²) < 4.78 is 63.0. The van der Waals surface area contributed by atoms with Crippen LogP contribution in [-0.2, 0) is 11.0 Å². The molecule has 172 valence electrons. The van der Waals surface area contributed by atoms with E-state index in [1.54, 1.807) is 43.3 Å². The Bertz CT molecular complexity index is 1160. The fourth-order valence-corrected chi connectivity index (χ4v) is 5.17. The molecule has 2 aromatic carbocycles. The van der Waals surface area contributed by atoms with E-state index in [9.17, 15) is 22.4 Å². The number of nitrogens with one attached hydrogen (secondary N) is 1. The summed E-state index contributed by atoms with van der Waals surface area (Å²) in [4.78, 5) is 12.3. The maximum atomic E-state index is 14.3. The van der Waals surface area contributed by atoms with Gasteiger partial charge in [-0.1, -0.05) is 55.2 Å². The molecule has 1 N–H and O–H groups in total. The molecule has 2 unspecified atom stereocenters. The zero-order valence-electron chi connectivity index (χ0n) is 17.4. The minimum absolute atomic E-state index is 0.136. The van der Waals surface area contributed by atoms with Crippen molar-refractivity contribution in [3.05, 3.63) is 77.1 Å². The predicted molar refractivity (Wildman–Crippen MR) is 125 cm³/mol. The number of rotatable bonds is 5. The minimum Gasteiger partial charge on any atom is -0.457 e. The summed E-state index contributed by atoms with van der Waals surface area (Å²) in [6.45, 7) is 1.75. The van der Waals surface area contributed by atoms with E-state index >= 15 is 0 Å². The van der Waals surface area contributed by atoms with Gasteiger partial charge in [0.05, 0.1) is 5.25 Å². The second-order valence-corrected chi connectivity index (χ2v) is 9.57. The van der Waals surface area contributed by atoms with Crippen LogP contribution in [0.4, 0.5) is 17.6 Å². The number of thioether (sulfide) groups is 1. The second-order valence-electron chi connectivity index (χ2n) is 7.75. The fourth-order valence-electron chi connectivity index (χ4n) is 3.84. The molecule has 3 nitrogen and oxygen atoms in total. The van der Waals surface area contributed by atoms with E-state index < -0.39 is 34.5 Å². The number of para-hydroxylation sites is 1. The fraction of sp³-hybridized carbons (Fsp3) is 0.250. The number of halogens is 4. The highest BCUT2D eigenvalue weighted by molar-refractivity contribution is 8.24. The average Bonchev–Trinajstić information content (AvgIpc) is 3.10. The molecule has 1 saturated heterocycles. The molecule has 1 fully saturated rings. The number of alkyl halides is 3. The molecule has 2 aromatic rings. The van der Waals surface area contributed by atoms with Gasteiger partial charge in [-0.3, -0.25) is 4.79 Å². The minimum atomic E-state index is -4.76. The normalized spacial score (nSPS) is 19.6. The number of hydrogen-bond acceptors (Lipinski definition) is 4. The van der Waals surface area contributed by atoms with Crippen molar-refractivity contribution in [3.8, 4) is 11.5 Å². The molecule has 0 radical (unpaired) electrons. The Labute approximate surface area is 197 Å². The molecule has 0 saturated carbocycles. The van der Waals surface area contributed by atoms with Crippen LogP contribution in [-0.4, -0.2) is 15.5 Å². The molecule has 1 amide bonds. The summed E-state index contributed by atoms with van der Waals surface area (Å²) in [7, 11) is 0. The third kappa shape index (κ3) is 5.14. The number of carbonyl (C=O) groups is 1. The Morgan fingerprint density at radius 3 is 2.55 bits per heavy atom. The van der Waals surface area contributed by atoms with Gasteiger partial charge >= 0.3 is 6.18 Å². The van der Waals surface area contributed by atoms with Crippen LogP contribution in [0.2, 0.25) is 0 Å². The number of thiocarbonyl (C=S) groups is 1. The van der Waals surface area contributed by atoms with Gasteiger partial charge in [-0.2, -0.15) is 13.2 Å². The number of allylic oxidation sites excluding steroid dienone is 4. The van der Waals surface area contributed by atoms with E-state index in [4.69, 9.17) is 17.0 Å². The Balaban J connectivity index is 1.90. The molecule has 2 aliphatic rings.